The largest absolute Gasteiger partial charge is 0.380 e. The fourth-order valence-corrected chi connectivity index (χ4v) is 1.66. The number of aromatic nitrogens is 1. The molecule has 0 unspecified atom stereocenters. The number of nitrogens with two attached hydrogens (primary N) is 1. The quantitative estimate of drug-likeness (QED) is 0.679. The molecule has 0 amide bonds. The Kier molecular flexibility index (Phi) is 2.80. The lowest BCUT2D eigenvalue weighted by Crippen LogP contribution is -1.90. The fraction of sp³-hybridized carbons (Fsp3) is 0. The van der Waals surface area contributed by atoms with Gasteiger partial charge in [0.25, 0.3) is 5.69 Å². The zero-order chi connectivity index (χ0) is 12.6. The summed E-state index contributed by atoms with van der Waals surface area (Å²) in [5.41, 5.74) is 5.25. The Balaban J connectivity index is 2.60. The molecule has 2 aromatic rings. The molecular weight excluding hydrogens is 297 g/mol. The van der Waals surface area contributed by atoms with Crippen LogP contribution < -0.4 is 5.73 Å². The van der Waals surface area contributed by atoms with Gasteiger partial charge in [-0.1, -0.05) is 5.16 Å². The topological polar surface area (TPSA) is 95.2 Å². The van der Waals surface area contributed by atoms with Crippen molar-refractivity contribution in [1.29, 1.82) is 0 Å². The summed E-state index contributed by atoms with van der Waals surface area (Å²) in [6.07, 6.45) is 0. The first-order chi connectivity index (χ1) is 7.99. The van der Waals surface area contributed by atoms with Crippen LogP contribution >= 0.6 is 15.9 Å². The van der Waals surface area contributed by atoms with Crippen molar-refractivity contribution < 1.29 is 13.8 Å². The summed E-state index contributed by atoms with van der Waals surface area (Å²) in [4.78, 5) is 9.89. The van der Waals surface area contributed by atoms with E-state index < -0.39 is 10.7 Å². The molecule has 6 nitrogen and oxygen atoms in total. The summed E-state index contributed by atoms with van der Waals surface area (Å²) in [6, 6.07) is 3.09. The van der Waals surface area contributed by atoms with Gasteiger partial charge in [-0.25, -0.2) is 4.39 Å². The van der Waals surface area contributed by atoms with Crippen molar-refractivity contribution in [2.45, 2.75) is 0 Å². The molecule has 1 heterocycles. The molecule has 88 valence electrons. The Morgan fingerprint density at radius 2 is 2.18 bits per heavy atom. The van der Waals surface area contributed by atoms with Crippen LogP contribution in [0.5, 0.6) is 0 Å². The van der Waals surface area contributed by atoms with Gasteiger partial charge in [-0.15, -0.1) is 0 Å². The monoisotopic (exact) mass is 301 g/mol. The van der Waals surface area contributed by atoms with Crippen molar-refractivity contribution in [2.75, 3.05) is 5.73 Å². The number of nitrogens with zero attached hydrogens (tertiary/aromatic N) is 2. The van der Waals surface area contributed by atoms with E-state index in [4.69, 9.17) is 10.3 Å². The van der Waals surface area contributed by atoms with Gasteiger partial charge in [0.05, 0.1) is 11.0 Å². The van der Waals surface area contributed by atoms with Gasteiger partial charge in [-0.3, -0.25) is 10.1 Å². The van der Waals surface area contributed by atoms with E-state index in [1.165, 1.54) is 6.07 Å². The van der Waals surface area contributed by atoms with E-state index in [0.29, 0.717) is 4.47 Å². The van der Waals surface area contributed by atoms with Gasteiger partial charge >= 0.3 is 0 Å². The lowest BCUT2D eigenvalue weighted by Gasteiger charge is -1.98. The molecule has 1 aromatic heterocycles. The first-order valence-electron chi connectivity index (χ1n) is 4.35. The van der Waals surface area contributed by atoms with Crippen molar-refractivity contribution in [3.8, 4) is 11.3 Å². The maximum absolute atomic E-state index is 13.2. The Labute approximate surface area is 102 Å². The number of hydrogen-bond acceptors (Lipinski definition) is 5. The molecule has 0 saturated heterocycles. The highest BCUT2D eigenvalue weighted by Gasteiger charge is 2.17. The second-order valence-electron chi connectivity index (χ2n) is 3.17. The summed E-state index contributed by atoms with van der Waals surface area (Å²) in [5.74, 6) is -0.506. The molecule has 0 aliphatic rings. The molecule has 2 N–H and O–H groups in total. The number of non-ortho nitro benzene ring substituents is 1. The molecule has 2 rings (SSSR count). The van der Waals surface area contributed by atoms with E-state index in [1.807, 2.05) is 0 Å². The van der Waals surface area contributed by atoms with Crippen LogP contribution in [0.4, 0.5) is 15.9 Å². The van der Waals surface area contributed by atoms with Gasteiger partial charge in [0.15, 0.2) is 11.6 Å². The maximum atomic E-state index is 13.2. The predicted octanol–water partition coefficient (Wildman–Crippen LogP) is 2.73. The highest BCUT2D eigenvalue weighted by atomic mass is 79.9. The predicted molar refractivity (Wildman–Crippen MR) is 60.7 cm³/mol. The zero-order valence-corrected chi connectivity index (χ0v) is 9.77. The molecular formula is C9H5BrFN3O3. The SMILES string of the molecule is Nc1noc(-c2cc(F)cc([N+](=O)[O-])c2)c1Br. The fourth-order valence-electron chi connectivity index (χ4n) is 1.28. The number of benzene rings is 1. The minimum atomic E-state index is -0.740. The van der Waals surface area contributed by atoms with Crippen molar-refractivity contribution in [1.82, 2.24) is 5.16 Å². The third-order valence-corrected chi connectivity index (χ3v) is 2.78. The standard InChI is InChI=1S/C9H5BrFN3O3/c10-7-8(17-13-9(7)12)4-1-5(11)3-6(2-4)14(15)16/h1-3H,(H2,12,13). The number of nitro benzene ring substituents is 1. The molecule has 0 aliphatic heterocycles. The smallest absolute Gasteiger partial charge is 0.273 e. The summed E-state index contributed by atoms with van der Waals surface area (Å²) >= 11 is 3.10. The first kappa shape index (κ1) is 11.5. The molecule has 0 bridgehead atoms. The number of hydrogen-bond donors (Lipinski definition) is 1. The molecule has 1 aromatic carbocycles. The first-order valence-corrected chi connectivity index (χ1v) is 5.14. The molecule has 0 fully saturated rings. The van der Waals surface area contributed by atoms with Crippen LogP contribution in [0.1, 0.15) is 0 Å². The van der Waals surface area contributed by atoms with E-state index in [0.717, 1.165) is 12.1 Å². The minimum absolute atomic E-state index is 0.0897. The van der Waals surface area contributed by atoms with Gasteiger partial charge in [0.1, 0.15) is 10.3 Å². The number of anilines is 1. The second-order valence-corrected chi connectivity index (χ2v) is 3.96. The Bertz CT molecular complexity index is 599. The van der Waals surface area contributed by atoms with Gasteiger partial charge < -0.3 is 10.3 Å². The van der Waals surface area contributed by atoms with Crippen molar-refractivity contribution in [2.24, 2.45) is 0 Å². The van der Waals surface area contributed by atoms with Gasteiger partial charge in [0, 0.05) is 11.6 Å². The van der Waals surface area contributed by atoms with Crippen LogP contribution in [0.15, 0.2) is 27.2 Å². The van der Waals surface area contributed by atoms with Gasteiger partial charge in [0.2, 0.25) is 0 Å². The molecule has 0 aliphatic carbocycles. The van der Waals surface area contributed by atoms with Crippen LogP contribution in [0, 0.1) is 15.9 Å². The van der Waals surface area contributed by atoms with E-state index >= 15 is 0 Å². The van der Waals surface area contributed by atoms with Gasteiger partial charge in [-0.2, -0.15) is 0 Å². The highest BCUT2D eigenvalue weighted by Crippen LogP contribution is 2.34. The number of halogens is 2. The summed E-state index contributed by atoms with van der Waals surface area (Å²) in [7, 11) is 0. The molecule has 8 heteroatoms. The van der Waals surface area contributed by atoms with Crippen LogP contribution in [-0.2, 0) is 0 Å². The van der Waals surface area contributed by atoms with Crippen LogP contribution in [0.2, 0.25) is 0 Å². The van der Waals surface area contributed by atoms with Crippen LogP contribution in [-0.4, -0.2) is 10.1 Å². The number of nitrogen functional groups attached to an aromatic ring is 1. The van der Waals surface area contributed by atoms with Crippen molar-refractivity contribution in [3.63, 3.8) is 0 Å². The lowest BCUT2D eigenvalue weighted by atomic mass is 10.1. The Morgan fingerprint density at radius 3 is 2.71 bits per heavy atom. The van der Waals surface area contributed by atoms with Gasteiger partial charge in [-0.05, 0) is 22.0 Å². The zero-order valence-electron chi connectivity index (χ0n) is 8.18. The van der Waals surface area contributed by atoms with Crippen molar-refractivity contribution in [3.05, 3.63) is 38.6 Å². The van der Waals surface area contributed by atoms with E-state index in [1.54, 1.807) is 0 Å². The summed E-state index contributed by atoms with van der Waals surface area (Å²) in [6.45, 7) is 0. The van der Waals surface area contributed by atoms with Crippen LogP contribution in [0.3, 0.4) is 0 Å². The van der Waals surface area contributed by atoms with E-state index in [-0.39, 0.29) is 22.8 Å². The maximum Gasteiger partial charge on any atom is 0.273 e. The average molecular weight is 302 g/mol. The third-order valence-electron chi connectivity index (χ3n) is 2.02. The molecule has 17 heavy (non-hydrogen) atoms. The molecule has 0 saturated carbocycles. The lowest BCUT2D eigenvalue weighted by molar-refractivity contribution is -0.385. The Morgan fingerprint density at radius 1 is 1.47 bits per heavy atom. The average Bonchev–Trinajstić information content (AvgIpc) is 2.59. The van der Waals surface area contributed by atoms with Crippen molar-refractivity contribution >= 4 is 27.4 Å². The molecule has 0 atom stereocenters. The normalized spacial score (nSPS) is 10.5. The number of nitro groups is 1. The van der Waals surface area contributed by atoms with E-state index in [9.17, 15) is 14.5 Å². The third kappa shape index (κ3) is 2.11. The summed E-state index contributed by atoms with van der Waals surface area (Å²) < 4.78 is 18.4. The minimum Gasteiger partial charge on any atom is -0.380 e. The second kappa shape index (κ2) is 4.13. The van der Waals surface area contributed by atoms with Crippen LogP contribution in [0.25, 0.3) is 11.3 Å². The highest BCUT2D eigenvalue weighted by molar-refractivity contribution is 9.10. The molecule has 0 spiro atoms. The molecule has 0 radical (unpaired) electrons. The number of rotatable bonds is 2. The summed E-state index contributed by atoms with van der Waals surface area (Å²) in [5, 5.41) is 14.0. The Hall–Kier alpha value is -1.96. The van der Waals surface area contributed by atoms with E-state index in [2.05, 4.69) is 21.1 Å².